The van der Waals surface area contributed by atoms with E-state index in [4.69, 9.17) is 0 Å². The number of hydrogen-bond acceptors (Lipinski definition) is 2. The number of para-hydroxylation sites is 2. The van der Waals surface area contributed by atoms with Gasteiger partial charge in [-0.05, 0) is 18.6 Å². The van der Waals surface area contributed by atoms with E-state index < -0.39 is 0 Å². The quantitative estimate of drug-likeness (QED) is 0.769. The van der Waals surface area contributed by atoms with E-state index in [1.807, 2.05) is 24.3 Å². The fourth-order valence-electron chi connectivity index (χ4n) is 1.20. The molecule has 1 aromatic rings. The summed E-state index contributed by atoms with van der Waals surface area (Å²) in [5, 5.41) is 6.03. The van der Waals surface area contributed by atoms with Crippen LogP contribution in [-0.4, -0.2) is 12.5 Å². The summed E-state index contributed by atoms with van der Waals surface area (Å²) in [6.45, 7) is 4.53. The molecule has 0 bridgehead atoms. The van der Waals surface area contributed by atoms with Crippen LogP contribution in [0.5, 0.6) is 0 Å². The molecule has 0 unspecified atom stereocenters. The van der Waals surface area contributed by atoms with Crippen molar-refractivity contribution in [3.8, 4) is 0 Å². The fourth-order valence-corrected chi connectivity index (χ4v) is 1.20. The van der Waals surface area contributed by atoms with Crippen LogP contribution in [0.1, 0.15) is 20.3 Å². The van der Waals surface area contributed by atoms with E-state index in [2.05, 4.69) is 17.6 Å². The van der Waals surface area contributed by atoms with Crippen LogP contribution in [0, 0.1) is 0 Å². The third kappa shape index (κ3) is 3.09. The molecule has 2 N–H and O–H groups in total. The molecule has 1 amide bonds. The maximum Gasteiger partial charge on any atom is 0.221 e. The molecule has 76 valence electrons. The SMILES string of the molecule is CCCNc1ccccc1NC(C)=O. The molecule has 0 fully saturated rings. The zero-order valence-electron chi connectivity index (χ0n) is 8.63. The molecule has 0 radical (unpaired) electrons. The second-order valence-electron chi connectivity index (χ2n) is 3.15. The van der Waals surface area contributed by atoms with E-state index in [0.29, 0.717) is 0 Å². The van der Waals surface area contributed by atoms with Crippen molar-refractivity contribution in [1.29, 1.82) is 0 Å². The molecule has 0 spiro atoms. The van der Waals surface area contributed by atoms with Crippen molar-refractivity contribution in [3.05, 3.63) is 24.3 Å². The maximum absolute atomic E-state index is 10.9. The molecule has 1 aromatic carbocycles. The molecule has 0 atom stereocenters. The van der Waals surface area contributed by atoms with Gasteiger partial charge in [-0.3, -0.25) is 4.79 Å². The number of nitrogens with one attached hydrogen (secondary N) is 2. The largest absolute Gasteiger partial charge is 0.383 e. The highest BCUT2D eigenvalue weighted by molar-refractivity contribution is 5.92. The lowest BCUT2D eigenvalue weighted by molar-refractivity contribution is -0.114. The van der Waals surface area contributed by atoms with Crippen molar-refractivity contribution in [2.24, 2.45) is 0 Å². The molecule has 3 heteroatoms. The van der Waals surface area contributed by atoms with Crippen molar-refractivity contribution in [2.45, 2.75) is 20.3 Å². The van der Waals surface area contributed by atoms with Gasteiger partial charge in [-0.2, -0.15) is 0 Å². The first-order valence-electron chi connectivity index (χ1n) is 4.84. The Morgan fingerprint density at radius 3 is 2.50 bits per heavy atom. The van der Waals surface area contributed by atoms with Gasteiger partial charge in [-0.15, -0.1) is 0 Å². The Morgan fingerprint density at radius 2 is 1.93 bits per heavy atom. The van der Waals surface area contributed by atoms with Crippen LogP contribution in [0.2, 0.25) is 0 Å². The lowest BCUT2D eigenvalue weighted by Gasteiger charge is -2.10. The van der Waals surface area contributed by atoms with Gasteiger partial charge in [0.05, 0.1) is 11.4 Å². The Bertz CT molecular complexity index is 310. The zero-order chi connectivity index (χ0) is 10.4. The number of benzene rings is 1. The Kier molecular flexibility index (Phi) is 3.98. The third-order valence-electron chi connectivity index (χ3n) is 1.80. The van der Waals surface area contributed by atoms with Crippen LogP contribution in [0.15, 0.2) is 24.3 Å². The number of hydrogen-bond donors (Lipinski definition) is 2. The summed E-state index contributed by atoms with van der Waals surface area (Å²) in [6.07, 6.45) is 1.06. The number of carbonyl (C=O) groups is 1. The molecular formula is C11H16N2O. The summed E-state index contributed by atoms with van der Waals surface area (Å²) in [4.78, 5) is 10.9. The van der Waals surface area contributed by atoms with E-state index in [1.54, 1.807) is 0 Å². The first-order chi connectivity index (χ1) is 6.74. The first kappa shape index (κ1) is 10.6. The van der Waals surface area contributed by atoms with E-state index in [1.165, 1.54) is 6.92 Å². The minimum absolute atomic E-state index is 0.0456. The van der Waals surface area contributed by atoms with Crippen LogP contribution in [0.25, 0.3) is 0 Å². The topological polar surface area (TPSA) is 41.1 Å². The highest BCUT2D eigenvalue weighted by atomic mass is 16.1. The normalized spacial score (nSPS) is 9.57. The predicted octanol–water partition coefficient (Wildman–Crippen LogP) is 2.47. The summed E-state index contributed by atoms with van der Waals surface area (Å²) in [7, 11) is 0. The molecular weight excluding hydrogens is 176 g/mol. The molecule has 0 saturated carbocycles. The molecule has 0 aliphatic heterocycles. The maximum atomic E-state index is 10.9. The van der Waals surface area contributed by atoms with Gasteiger partial charge >= 0.3 is 0 Å². The predicted molar refractivity (Wildman–Crippen MR) is 59.5 cm³/mol. The molecule has 0 aromatic heterocycles. The van der Waals surface area contributed by atoms with Crippen molar-refractivity contribution in [3.63, 3.8) is 0 Å². The number of amides is 1. The summed E-state index contributed by atoms with van der Waals surface area (Å²) in [5.41, 5.74) is 1.82. The van der Waals surface area contributed by atoms with Crippen molar-refractivity contribution in [2.75, 3.05) is 17.2 Å². The van der Waals surface area contributed by atoms with Gasteiger partial charge in [0, 0.05) is 13.5 Å². The smallest absolute Gasteiger partial charge is 0.221 e. The summed E-state index contributed by atoms with van der Waals surface area (Å²) >= 11 is 0. The lowest BCUT2D eigenvalue weighted by atomic mass is 10.2. The van der Waals surface area contributed by atoms with Crippen molar-refractivity contribution < 1.29 is 4.79 Å². The van der Waals surface area contributed by atoms with Gasteiger partial charge in [0.1, 0.15) is 0 Å². The van der Waals surface area contributed by atoms with Crippen LogP contribution in [-0.2, 0) is 4.79 Å². The Hall–Kier alpha value is -1.51. The molecule has 0 aliphatic rings. The summed E-state index contributed by atoms with van der Waals surface area (Å²) in [5.74, 6) is -0.0456. The molecule has 1 rings (SSSR count). The molecule has 0 heterocycles. The summed E-state index contributed by atoms with van der Waals surface area (Å²) in [6, 6.07) is 7.70. The average Bonchev–Trinajstić information content (AvgIpc) is 2.16. The molecule has 14 heavy (non-hydrogen) atoms. The second kappa shape index (κ2) is 5.27. The van der Waals surface area contributed by atoms with Crippen molar-refractivity contribution in [1.82, 2.24) is 0 Å². The highest BCUT2D eigenvalue weighted by Crippen LogP contribution is 2.20. The van der Waals surface area contributed by atoms with Gasteiger partial charge in [-0.1, -0.05) is 19.1 Å². The van der Waals surface area contributed by atoms with E-state index in [-0.39, 0.29) is 5.91 Å². The number of carbonyl (C=O) groups excluding carboxylic acids is 1. The van der Waals surface area contributed by atoms with Crippen LogP contribution in [0.4, 0.5) is 11.4 Å². The fraction of sp³-hybridized carbons (Fsp3) is 0.364. The average molecular weight is 192 g/mol. The second-order valence-corrected chi connectivity index (χ2v) is 3.15. The number of anilines is 2. The zero-order valence-corrected chi connectivity index (χ0v) is 8.63. The highest BCUT2D eigenvalue weighted by Gasteiger charge is 2.00. The molecule has 0 aliphatic carbocycles. The van der Waals surface area contributed by atoms with Crippen molar-refractivity contribution >= 4 is 17.3 Å². The lowest BCUT2D eigenvalue weighted by Crippen LogP contribution is -2.09. The minimum Gasteiger partial charge on any atom is -0.383 e. The van der Waals surface area contributed by atoms with Crippen LogP contribution >= 0.6 is 0 Å². The van der Waals surface area contributed by atoms with Gasteiger partial charge < -0.3 is 10.6 Å². The standard InChI is InChI=1S/C11H16N2O/c1-3-8-12-10-6-4-5-7-11(10)13-9(2)14/h4-7,12H,3,8H2,1-2H3,(H,13,14). The monoisotopic (exact) mass is 192 g/mol. The Morgan fingerprint density at radius 1 is 1.29 bits per heavy atom. The van der Waals surface area contributed by atoms with Gasteiger partial charge in [0.15, 0.2) is 0 Å². The number of rotatable bonds is 4. The molecule has 0 saturated heterocycles. The minimum atomic E-state index is -0.0456. The summed E-state index contributed by atoms with van der Waals surface area (Å²) < 4.78 is 0. The molecule has 3 nitrogen and oxygen atoms in total. The van der Waals surface area contributed by atoms with Gasteiger partial charge in [0.25, 0.3) is 0 Å². The first-order valence-corrected chi connectivity index (χ1v) is 4.84. The van der Waals surface area contributed by atoms with E-state index in [0.717, 1.165) is 24.3 Å². The van der Waals surface area contributed by atoms with E-state index >= 15 is 0 Å². The van der Waals surface area contributed by atoms with Crippen LogP contribution in [0.3, 0.4) is 0 Å². The van der Waals surface area contributed by atoms with E-state index in [9.17, 15) is 4.79 Å². The Labute approximate surface area is 84.5 Å². The van der Waals surface area contributed by atoms with Gasteiger partial charge in [0.2, 0.25) is 5.91 Å². The van der Waals surface area contributed by atoms with Crippen LogP contribution < -0.4 is 10.6 Å². The Balaban J connectivity index is 2.74. The third-order valence-corrected chi connectivity index (χ3v) is 1.80. The van der Waals surface area contributed by atoms with Gasteiger partial charge in [-0.25, -0.2) is 0 Å².